The molecule has 8 aromatic carbocycles. The van der Waals surface area contributed by atoms with Crippen molar-refractivity contribution >= 4 is 21.5 Å². The van der Waals surface area contributed by atoms with Gasteiger partial charge in [0, 0.05) is 22.1 Å². The molecule has 1 aliphatic carbocycles. The fourth-order valence-corrected chi connectivity index (χ4v) is 8.06. The summed E-state index contributed by atoms with van der Waals surface area (Å²) >= 11 is 0. The van der Waals surface area contributed by atoms with Crippen molar-refractivity contribution in [2.24, 2.45) is 0 Å². The second kappa shape index (κ2) is 12.3. The maximum Gasteiger partial charge on any atom is 0.160 e. The molecular formula is C51H36N2. The summed E-state index contributed by atoms with van der Waals surface area (Å²) in [6.45, 7) is 4.62. The first-order chi connectivity index (χ1) is 28.1. The summed E-state index contributed by atoms with van der Waals surface area (Å²) < 4.78 is 42.8. The second-order valence-electron chi connectivity index (χ2n) is 14.2. The van der Waals surface area contributed by atoms with Crippen molar-refractivity contribution in [2.75, 3.05) is 0 Å². The van der Waals surface area contributed by atoms with Gasteiger partial charge in [0.15, 0.2) is 5.82 Å². The van der Waals surface area contributed by atoms with Gasteiger partial charge in [-0.05, 0) is 96.4 Å². The van der Waals surface area contributed by atoms with E-state index >= 15 is 0 Å². The van der Waals surface area contributed by atoms with E-state index in [9.17, 15) is 0 Å². The molecule has 0 fully saturated rings. The molecule has 2 nitrogen and oxygen atoms in total. The van der Waals surface area contributed by atoms with Gasteiger partial charge in [0.05, 0.1) is 18.2 Å². The second-order valence-corrected chi connectivity index (χ2v) is 14.2. The van der Waals surface area contributed by atoms with Crippen molar-refractivity contribution in [2.45, 2.75) is 19.3 Å². The highest BCUT2D eigenvalue weighted by Crippen LogP contribution is 2.51. The first kappa shape index (κ1) is 26.2. The number of nitrogens with zero attached hydrogens (tertiary/aromatic N) is 2. The van der Waals surface area contributed by atoms with Gasteiger partial charge in [0.1, 0.15) is 0 Å². The number of fused-ring (bicyclic) bond motifs is 5. The standard InChI is InChI=1S/C51H36N2/c1-51(2)46-31-38(24-25-43(46)45-29-36-18-9-10-19-37(36)30-47(45)51)40-26-27-44(42-23-12-11-22-41(40)42)49-32-48(52-50(53-49)34-16-7-4-8-17-34)39-21-13-20-35(28-39)33-14-5-3-6-15-33/h3-32H,1-2H3/i4D,7D,8D,16D,17D. The molecule has 0 saturated heterocycles. The summed E-state index contributed by atoms with van der Waals surface area (Å²) in [5, 5.41) is 4.51. The van der Waals surface area contributed by atoms with Crippen LogP contribution in [0.2, 0.25) is 0 Å². The highest BCUT2D eigenvalue weighted by atomic mass is 14.9. The van der Waals surface area contributed by atoms with E-state index in [1.165, 1.54) is 33.0 Å². The van der Waals surface area contributed by atoms with Crippen molar-refractivity contribution in [3.05, 3.63) is 193 Å². The largest absolute Gasteiger partial charge is 0.228 e. The minimum atomic E-state index is -0.459. The van der Waals surface area contributed by atoms with Crippen LogP contribution in [0, 0.1) is 0 Å². The third kappa shape index (κ3) is 5.26. The summed E-state index contributed by atoms with van der Waals surface area (Å²) in [6, 6.07) is 50.7. The van der Waals surface area contributed by atoms with Crippen LogP contribution in [0.3, 0.4) is 0 Å². The van der Waals surface area contributed by atoms with Crippen LogP contribution in [0.1, 0.15) is 31.8 Å². The molecule has 1 heterocycles. The summed E-state index contributed by atoms with van der Waals surface area (Å²) in [6.07, 6.45) is 0. The zero-order valence-corrected chi connectivity index (χ0v) is 29.3. The van der Waals surface area contributed by atoms with Crippen LogP contribution < -0.4 is 0 Å². The van der Waals surface area contributed by atoms with E-state index in [1.807, 2.05) is 54.6 Å². The van der Waals surface area contributed by atoms with E-state index in [0.717, 1.165) is 44.2 Å². The Hall–Kier alpha value is -6.64. The van der Waals surface area contributed by atoms with E-state index in [2.05, 4.69) is 111 Å². The molecule has 0 aliphatic heterocycles. The van der Waals surface area contributed by atoms with E-state index < -0.39 is 18.1 Å². The molecule has 9 aromatic rings. The molecule has 0 bridgehead atoms. The van der Waals surface area contributed by atoms with Crippen molar-refractivity contribution in [3.63, 3.8) is 0 Å². The van der Waals surface area contributed by atoms with Crippen LogP contribution >= 0.6 is 0 Å². The molecule has 0 unspecified atom stereocenters. The quantitative estimate of drug-likeness (QED) is 0.181. The van der Waals surface area contributed by atoms with E-state index in [-0.39, 0.29) is 28.9 Å². The zero-order valence-electron chi connectivity index (χ0n) is 34.3. The fourth-order valence-electron chi connectivity index (χ4n) is 8.06. The highest BCUT2D eigenvalue weighted by Gasteiger charge is 2.36. The molecule has 2 heteroatoms. The summed E-state index contributed by atoms with van der Waals surface area (Å²) in [5.74, 6) is 0.0656. The van der Waals surface area contributed by atoms with E-state index in [0.29, 0.717) is 11.4 Å². The first-order valence-electron chi connectivity index (χ1n) is 20.4. The van der Waals surface area contributed by atoms with Crippen LogP contribution in [0.4, 0.5) is 0 Å². The molecule has 10 rings (SSSR count). The normalized spacial score (nSPS) is 14.2. The van der Waals surface area contributed by atoms with E-state index in [4.69, 9.17) is 16.8 Å². The Bertz CT molecular complexity index is 3130. The Morgan fingerprint density at radius 2 is 1.04 bits per heavy atom. The zero-order chi connectivity index (χ0) is 39.9. The van der Waals surface area contributed by atoms with Gasteiger partial charge in [0.25, 0.3) is 0 Å². The SMILES string of the molecule is [2H]c1c([2H])c([2H])c(-c2nc(-c3cccc(-c4ccccc4)c3)cc(-c3ccc(-c4ccc5c(c4)C(C)(C)c4cc6ccccc6cc4-5)c4ccccc34)n2)c([2H])c1[2H]. The molecule has 1 aliphatic rings. The summed E-state index contributed by atoms with van der Waals surface area (Å²) in [5.41, 5.74) is 12.0. The lowest BCUT2D eigenvalue weighted by molar-refractivity contribution is 0.661. The fraction of sp³-hybridized carbons (Fsp3) is 0.0588. The van der Waals surface area contributed by atoms with Gasteiger partial charge < -0.3 is 0 Å². The average Bonchev–Trinajstić information content (AvgIpc) is 3.48. The minimum absolute atomic E-state index is 0.0381. The van der Waals surface area contributed by atoms with Gasteiger partial charge in [-0.3, -0.25) is 0 Å². The molecule has 250 valence electrons. The van der Waals surface area contributed by atoms with Crippen LogP contribution in [-0.2, 0) is 5.41 Å². The third-order valence-corrected chi connectivity index (χ3v) is 10.8. The number of hydrogen-bond donors (Lipinski definition) is 0. The smallest absolute Gasteiger partial charge is 0.160 e. The van der Waals surface area contributed by atoms with Crippen molar-refractivity contribution in [1.29, 1.82) is 0 Å². The summed E-state index contributed by atoms with van der Waals surface area (Å²) in [7, 11) is 0. The highest BCUT2D eigenvalue weighted by molar-refractivity contribution is 6.05. The van der Waals surface area contributed by atoms with Crippen molar-refractivity contribution in [1.82, 2.24) is 9.97 Å². The van der Waals surface area contributed by atoms with Gasteiger partial charge >= 0.3 is 0 Å². The Kier molecular flexibility index (Phi) is 6.05. The van der Waals surface area contributed by atoms with Crippen LogP contribution in [0.5, 0.6) is 0 Å². The molecule has 53 heavy (non-hydrogen) atoms. The Morgan fingerprint density at radius 1 is 0.415 bits per heavy atom. The molecule has 1 aromatic heterocycles. The molecule has 0 saturated carbocycles. The third-order valence-electron chi connectivity index (χ3n) is 10.8. The lowest BCUT2D eigenvalue weighted by Gasteiger charge is -2.22. The number of hydrogen-bond acceptors (Lipinski definition) is 2. The maximum atomic E-state index is 8.83. The average molecular weight is 682 g/mol. The molecule has 0 radical (unpaired) electrons. The number of rotatable bonds is 5. The topological polar surface area (TPSA) is 25.8 Å². The van der Waals surface area contributed by atoms with Crippen molar-refractivity contribution < 1.29 is 6.85 Å². The van der Waals surface area contributed by atoms with Gasteiger partial charge in [-0.25, -0.2) is 9.97 Å². The predicted molar refractivity (Wildman–Crippen MR) is 222 cm³/mol. The molecule has 0 spiro atoms. The van der Waals surface area contributed by atoms with Gasteiger partial charge in [-0.15, -0.1) is 0 Å². The Balaban J connectivity index is 1.15. The lowest BCUT2D eigenvalue weighted by Crippen LogP contribution is -2.15. The van der Waals surface area contributed by atoms with Gasteiger partial charge in [-0.1, -0.05) is 165 Å². The number of benzene rings is 8. The maximum absolute atomic E-state index is 8.83. The lowest BCUT2D eigenvalue weighted by atomic mass is 9.81. The number of aromatic nitrogens is 2. The predicted octanol–water partition coefficient (Wildman–Crippen LogP) is 13.4. The minimum Gasteiger partial charge on any atom is -0.228 e. The van der Waals surface area contributed by atoms with Crippen molar-refractivity contribution in [3.8, 4) is 67.3 Å². The summed E-state index contributed by atoms with van der Waals surface area (Å²) in [4.78, 5) is 9.91. The first-order valence-corrected chi connectivity index (χ1v) is 17.9. The van der Waals surface area contributed by atoms with E-state index in [1.54, 1.807) is 0 Å². The van der Waals surface area contributed by atoms with Crippen LogP contribution in [0.25, 0.3) is 88.8 Å². The molecule has 0 amide bonds. The molecule has 0 N–H and O–H groups in total. The Labute approximate surface area is 317 Å². The molecular weight excluding hydrogens is 641 g/mol. The Morgan fingerprint density at radius 3 is 1.85 bits per heavy atom. The van der Waals surface area contributed by atoms with Gasteiger partial charge in [-0.2, -0.15) is 0 Å². The van der Waals surface area contributed by atoms with Gasteiger partial charge in [0.2, 0.25) is 0 Å². The van der Waals surface area contributed by atoms with Crippen LogP contribution in [-0.4, -0.2) is 9.97 Å². The molecule has 0 atom stereocenters. The monoisotopic (exact) mass is 681 g/mol. The van der Waals surface area contributed by atoms with Crippen LogP contribution in [0.15, 0.2) is 182 Å².